The number of hydrogen-bond acceptors (Lipinski definition) is 2. The van der Waals surface area contributed by atoms with Gasteiger partial charge in [-0.2, -0.15) is 0 Å². The fourth-order valence-corrected chi connectivity index (χ4v) is 3.25. The Morgan fingerprint density at radius 3 is 2.71 bits per heavy atom. The molecule has 2 nitrogen and oxygen atoms in total. The molecule has 0 radical (unpaired) electrons. The summed E-state index contributed by atoms with van der Waals surface area (Å²) in [6.07, 6.45) is 2.67. The van der Waals surface area contributed by atoms with Gasteiger partial charge in [-0.3, -0.25) is 4.90 Å². The lowest BCUT2D eigenvalue weighted by molar-refractivity contribution is 0.237. The first-order valence-corrected chi connectivity index (χ1v) is 6.72. The summed E-state index contributed by atoms with van der Waals surface area (Å²) >= 11 is 3.63. The van der Waals surface area contributed by atoms with Crippen molar-refractivity contribution in [3.63, 3.8) is 0 Å². The molecular weight excluding hydrogens is 240 g/mol. The average Bonchev–Trinajstić information content (AvgIpc) is 2.46. The van der Waals surface area contributed by atoms with Crippen LogP contribution in [-0.4, -0.2) is 54.9 Å². The molecule has 1 aliphatic rings. The highest BCUT2D eigenvalue weighted by molar-refractivity contribution is 9.09. The first-order valence-electron chi connectivity index (χ1n) is 5.60. The van der Waals surface area contributed by atoms with Crippen molar-refractivity contribution >= 4 is 15.9 Å². The summed E-state index contributed by atoms with van der Waals surface area (Å²) in [4.78, 5) is 4.91. The maximum atomic E-state index is 3.63. The van der Waals surface area contributed by atoms with Crippen molar-refractivity contribution in [1.29, 1.82) is 0 Å². The quantitative estimate of drug-likeness (QED) is 0.700. The number of rotatable bonds is 5. The van der Waals surface area contributed by atoms with Crippen molar-refractivity contribution < 1.29 is 0 Å². The minimum Gasteiger partial charge on any atom is -0.309 e. The van der Waals surface area contributed by atoms with Gasteiger partial charge in [-0.05, 0) is 52.5 Å². The van der Waals surface area contributed by atoms with Crippen molar-refractivity contribution in [1.82, 2.24) is 9.80 Å². The first-order chi connectivity index (χ1) is 6.65. The molecule has 1 heterocycles. The third-order valence-corrected chi connectivity index (χ3v) is 3.87. The van der Waals surface area contributed by atoms with Gasteiger partial charge in [0.15, 0.2) is 0 Å². The number of alkyl halides is 1. The average molecular weight is 263 g/mol. The van der Waals surface area contributed by atoms with Gasteiger partial charge in [0.05, 0.1) is 0 Å². The molecule has 0 aromatic heterocycles. The van der Waals surface area contributed by atoms with E-state index in [1.54, 1.807) is 0 Å². The molecule has 0 saturated carbocycles. The van der Waals surface area contributed by atoms with E-state index in [4.69, 9.17) is 0 Å². The van der Waals surface area contributed by atoms with E-state index in [0.717, 1.165) is 17.3 Å². The summed E-state index contributed by atoms with van der Waals surface area (Å²) in [5.74, 6) is 0.869. The number of likely N-dealkylation sites (tertiary alicyclic amines) is 1. The second-order valence-electron chi connectivity index (χ2n) is 4.68. The number of hydrogen-bond donors (Lipinski definition) is 0. The van der Waals surface area contributed by atoms with Crippen LogP contribution in [0.2, 0.25) is 0 Å². The van der Waals surface area contributed by atoms with Crippen molar-refractivity contribution in [3.8, 4) is 0 Å². The smallest absolute Gasteiger partial charge is 0.0218 e. The van der Waals surface area contributed by atoms with Crippen LogP contribution in [0, 0.1) is 5.92 Å². The Balaban J connectivity index is 2.23. The minimum atomic E-state index is 0.775. The second kappa shape index (κ2) is 6.09. The molecule has 14 heavy (non-hydrogen) atoms. The van der Waals surface area contributed by atoms with Crippen LogP contribution in [0.4, 0.5) is 0 Å². The van der Waals surface area contributed by atoms with Crippen molar-refractivity contribution in [3.05, 3.63) is 0 Å². The minimum absolute atomic E-state index is 0.775. The second-order valence-corrected chi connectivity index (χ2v) is 5.33. The largest absolute Gasteiger partial charge is 0.309 e. The Kier molecular flexibility index (Phi) is 5.42. The molecular formula is C11H23BrN2. The summed E-state index contributed by atoms with van der Waals surface area (Å²) in [6, 6.07) is 0.775. The van der Waals surface area contributed by atoms with Gasteiger partial charge in [0.2, 0.25) is 0 Å². The van der Waals surface area contributed by atoms with E-state index in [-0.39, 0.29) is 0 Å². The number of halogens is 1. The van der Waals surface area contributed by atoms with Crippen molar-refractivity contribution in [2.45, 2.75) is 25.8 Å². The van der Waals surface area contributed by atoms with Crippen LogP contribution in [0.5, 0.6) is 0 Å². The zero-order chi connectivity index (χ0) is 10.6. The molecule has 0 N–H and O–H groups in total. The molecule has 0 amide bonds. The normalized spacial score (nSPS) is 28.9. The molecule has 84 valence electrons. The van der Waals surface area contributed by atoms with Crippen molar-refractivity contribution in [2.75, 3.05) is 39.1 Å². The summed E-state index contributed by atoms with van der Waals surface area (Å²) in [5.41, 5.74) is 0. The molecule has 0 aromatic carbocycles. The molecule has 2 unspecified atom stereocenters. The van der Waals surface area contributed by atoms with Gasteiger partial charge in [0.1, 0.15) is 0 Å². The monoisotopic (exact) mass is 262 g/mol. The predicted molar refractivity (Wildman–Crippen MR) is 66.1 cm³/mol. The van der Waals surface area contributed by atoms with Crippen LogP contribution in [-0.2, 0) is 0 Å². The van der Waals surface area contributed by atoms with Gasteiger partial charge >= 0.3 is 0 Å². The highest BCUT2D eigenvalue weighted by atomic mass is 79.9. The fraction of sp³-hybridized carbons (Fsp3) is 1.00. The van der Waals surface area contributed by atoms with Gasteiger partial charge in [0.25, 0.3) is 0 Å². The molecule has 1 aliphatic heterocycles. The van der Waals surface area contributed by atoms with E-state index in [1.165, 1.54) is 32.5 Å². The Labute approximate surface area is 96.8 Å². The number of nitrogens with zero attached hydrogens (tertiary/aromatic N) is 2. The SMILES string of the molecule is CC1CCN(CCCN(C)C)C1CBr. The molecule has 1 saturated heterocycles. The highest BCUT2D eigenvalue weighted by Gasteiger charge is 2.29. The fourth-order valence-electron chi connectivity index (χ4n) is 2.20. The lowest BCUT2D eigenvalue weighted by Gasteiger charge is -2.25. The third kappa shape index (κ3) is 3.52. The maximum absolute atomic E-state index is 3.63. The van der Waals surface area contributed by atoms with Crippen LogP contribution in [0.15, 0.2) is 0 Å². The summed E-state index contributed by atoms with van der Waals surface area (Å²) in [7, 11) is 4.29. The molecule has 1 fully saturated rings. The van der Waals surface area contributed by atoms with Gasteiger partial charge < -0.3 is 4.90 Å². The molecule has 1 rings (SSSR count). The van der Waals surface area contributed by atoms with Crippen LogP contribution >= 0.6 is 15.9 Å². The summed E-state index contributed by atoms with van der Waals surface area (Å²) in [5, 5.41) is 1.14. The predicted octanol–water partition coefficient (Wildman–Crippen LogP) is 2.04. The highest BCUT2D eigenvalue weighted by Crippen LogP contribution is 2.25. The Morgan fingerprint density at radius 2 is 2.14 bits per heavy atom. The van der Waals surface area contributed by atoms with Crippen LogP contribution in [0.3, 0.4) is 0 Å². The van der Waals surface area contributed by atoms with E-state index >= 15 is 0 Å². The van der Waals surface area contributed by atoms with Crippen LogP contribution < -0.4 is 0 Å². The Morgan fingerprint density at radius 1 is 1.43 bits per heavy atom. The zero-order valence-electron chi connectivity index (χ0n) is 9.67. The molecule has 0 aliphatic carbocycles. The lowest BCUT2D eigenvalue weighted by atomic mass is 10.1. The van der Waals surface area contributed by atoms with E-state index in [0.29, 0.717) is 0 Å². The molecule has 0 bridgehead atoms. The molecule has 0 aromatic rings. The lowest BCUT2D eigenvalue weighted by Crippen LogP contribution is -2.35. The standard InChI is InChI=1S/C11H23BrN2/c1-10-5-8-14(11(10)9-12)7-4-6-13(2)3/h10-11H,4-9H2,1-3H3. The van der Waals surface area contributed by atoms with E-state index in [1.807, 2.05) is 0 Å². The zero-order valence-corrected chi connectivity index (χ0v) is 11.3. The molecule has 3 heteroatoms. The van der Waals surface area contributed by atoms with Gasteiger partial charge in [-0.25, -0.2) is 0 Å². The van der Waals surface area contributed by atoms with E-state index < -0.39 is 0 Å². The van der Waals surface area contributed by atoms with Gasteiger partial charge in [-0.15, -0.1) is 0 Å². The van der Waals surface area contributed by atoms with E-state index in [2.05, 4.69) is 46.7 Å². The maximum Gasteiger partial charge on any atom is 0.0218 e. The Bertz CT molecular complexity index is 161. The summed E-state index contributed by atoms with van der Waals surface area (Å²) in [6.45, 7) is 6.14. The van der Waals surface area contributed by atoms with Gasteiger partial charge in [-0.1, -0.05) is 22.9 Å². The topological polar surface area (TPSA) is 6.48 Å². The van der Waals surface area contributed by atoms with Crippen LogP contribution in [0.1, 0.15) is 19.8 Å². The van der Waals surface area contributed by atoms with E-state index in [9.17, 15) is 0 Å². The Hall–Kier alpha value is 0.400. The molecule has 0 spiro atoms. The molecule has 2 atom stereocenters. The summed E-state index contributed by atoms with van der Waals surface area (Å²) < 4.78 is 0. The third-order valence-electron chi connectivity index (χ3n) is 3.21. The van der Waals surface area contributed by atoms with Crippen molar-refractivity contribution in [2.24, 2.45) is 5.92 Å². The first kappa shape index (κ1) is 12.5. The van der Waals surface area contributed by atoms with Gasteiger partial charge in [0, 0.05) is 11.4 Å². The van der Waals surface area contributed by atoms with Crippen LogP contribution in [0.25, 0.3) is 0 Å².